The molecule has 0 radical (unpaired) electrons. The first-order chi connectivity index (χ1) is 8.84. The predicted molar refractivity (Wildman–Crippen MR) is 72.0 cm³/mol. The minimum Gasteiger partial charge on any atom is -0.217 e. The summed E-state index contributed by atoms with van der Waals surface area (Å²) in [7, 11) is 0. The largest absolute Gasteiger partial charge is 0.217 e. The molecule has 0 N–H and O–H groups in total. The van der Waals surface area contributed by atoms with Crippen LogP contribution in [0.3, 0.4) is 0 Å². The summed E-state index contributed by atoms with van der Waals surface area (Å²) >= 11 is 7.82. The number of benzene rings is 1. The minimum atomic E-state index is 0.530. The number of thioether (sulfide) groups is 1. The summed E-state index contributed by atoms with van der Waals surface area (Å²) < 4.78 is 1.94. The van der Waals surface area contributed by atoms with Crippen LogP contribution in [0.1, 0.15) is 24.4 Å². The summed E-state index contributed by atoms with van der Waals surface area (Å²) in [4.78, 5) is 0. The van der Waals surface area contributed by atoms with Gasteiger partial charge in [0.05, 0.1) is 6.04 Å². The van der Waals surface area contributed by atoms with E-state index in [4.69, 9.17) is 11.6 Å². The molecule has 0 unspecified atom stereocenters. The molecule has 0 aliphatic heterocycles. The first kappa shape index (κ1) is 12.0. The lowest BCUT2D eigenvalue weighted by Crippen LogP contribution is -2.00. The van der Waals surface area contributed by atoms with Crippen molar-refractivity contribution in [3.8, 4) is 0 Å². The molecule has 1 saturated carbocycles. The summed E-state index contributed by atoms with van der Waals surface area (Å²) in [5, 5.41) is 13.6. The second kappa shape index (κ2) is 5.28. The zero-order chi connectivity index (χ0) is 12.4. The number of tetrazole rings is 1. The summed E-state index contributed by atoms with van der Waals surface area (Å²) in [6.45, 7) is 0. The highest BCUT2D eigenvalue weighted by Crippen LogP contribution is 2.36. The van der Waals surface area contributed by atoms with E-state index in [9.17, 15) is 0 Å². The minimum absolute atomic E-state index is 0.530. The maximum absolute atomic E-state index is 6.12. The normalized spacial score (nSPS) is 14.9. The van der Waals surface area contributed by atoms with Crippen LogP contribution >= 0.6 is 23.4 Å². The highest BCUT2D eigenvalue weighted by molar-refractivity contribution is 7.99. The van der Waals surface area contributed by atoms with Crippen molar-refractivity contribution in [1.82, 2.24) is 20.2 Å². The molecule has 0 saturated heterocycles. The van der Waals surface area contributed by atoms with E-state index in [1.54, 1.807) is 11.8 Å². The van der Waals surface area contributed by atoms with E-state index in [0.29, 0.717) is 6.04 Å². The Morgan fingerprint density at radius 1 is 1.33 bits per heavy atom. The lowest BCUT2D eigenvalue weighted by molar-refractivity contribution is 0.565. The van der Waals surface area contributed by atoms with E-state index in [1.807, 2.05) is 22.9 Å². The molecule has 1 aromatic heterocycles. The molecular formula is C12H13ClN4S. The average Bonchev–Trinajstić information content (AvgIpc) is 3.12. The number of aryl methyl sites for hydroxylation is 1. The number of rotatable bonds is 5. The summed E-state index contributed by atoms with van der Waals surface area (Å²) in [5.74, 6) is 0.941. The Bertz CT molecular complexity index is 538. The van der Waals surface area contributed by atoms with E-state index in [2.05, 4.69) is 21.6 Å². The number of hydrogen-bond acceptors (Lipinski definition) is 4. The van der Waals surface area contributed by atoms with Gasteiger partial charge in [0.15, 0.2) is 0 Å². The van der Waals surface area contributed by atoms with Gasteiger partial charge in [-0.15, -0.1) is 5.10 Å². The fourth-order valence-corrected chi connectivity index (χ4v) is 2.93. The van der Waals surface area contributed by atoms with Gasteiger partial charge in [-0.05, 0) is 41.3 Å². The van der Waals surface area contributed by atoms with Crippen LogP contribution in [0.5, 0.6) is 0 Å². The molecule has 1 fully saturated rings. The Morgan fingerprint density at radius 3 is 2.94 bits per heavy atom. The number of hydrogen-bond donors (Lipinski definition) is 0. The first-order valence-electron chi connectivity index (χ1n) is 5.98. The van der Waals surface area contributed by atoms with Crippen molar-refractivity contribution in [3.63, 3.8) is 0 Å². The third kappa shape index (κ3) is 2.67. The molecule has 3 rings (SSSR count). The molecule has 18 heavy (non-hydrogen) atoms. The van der Waals surface area contributed by atoms with E-state index in [1.165, 1.54) is 18.4 Å². The third-order valence-electron chi connectivity index (χ3n) is 2.92. The van der Waals surface area contributed by atoms with Crippen molar-refractivity contribution in [3.05, 3.63) is 34.9 Å². The molecule has 6 heteroatoms. The van der Waals surface area contributed by atoms with Crippen LogP contribution < -0.4 is 0 Å². The Labute approximate surface area is 115 Å². The van der Waals surface area contributed by atoms with Crippen LogP contribution in [0.25, 0.3) is 0 Å². The van der Waals surface area contributed by atoms with Gasteiger partial charge in [-0.1, -0.05) is 41.6 Å². The fraction of sp³-hybridized carbons (Fsp3) is 0.417. The van der Waals surface area contributed by atoms with Gasteiger partial charge in [0.1, 0.15) is 0 Å². The van der Waals surface area contributed by atoms with E-state index in [-0.39, 0.29) is 0 Å². The zero-order valence-electron chi connectivity index (χ0n) is 9.79. The highest BCUT2D eigenvalue weighted by Gasteiger charge is 2.27. The quantitative estimate of drug-likeness (QED) is 0.790. The predicted octanol–water partition coefficient (Wildman–Crippen LogP) is 3.00. The summed E-state index contributed by atoms with van der Waals surface area (Å²) in [6.07, 6.45) is 3.33. The van der Waals surface area contributed by atoms with Gasteiger partial charge in [-0.2, -0.15) is 0 Å². The highest BCUT2D eigenvalue weighted by atomic mass is 35.5. The standard InChI is InChI=1S/C12H13ClN4S/c13-11-4-2-1-3-9(11)7-8-18-12-14-15-16-17(12)10-5-6-10/h1-4,10H,5-8H2. The molecule has 1 aliphatic carbocycles. The summed E-state index contributed by atoms with van der Waals surface area (Å²) in [5.41, 5.74) is 1.18. The Kier molecular flexibility index (Phi) is 3.52. The second-order valence-electron chi connectivity index (χ2n) is 4.33. The van der Waals surface area contributed by atoms with Crippen LogP contribution in [0.15, 0.2) is 29.4 Å². The van der Waals surface area contributed by atoms with Crippen LogP contribution in [-0.2, 0) is 6.42 Å². The lowest BCUT2D eigenvalue weighted by atomic mass is 10.2. The molecule has 94 valence electrons. The topological polar surface area (TPSA) is 43.6 Å². The molecule has 0 spiro atoms. The van der Waals surface area contributed by atoms with Crippen molar-refractivity contribution in [1.29, 1.82) is 0 Å². The van der Waals surface area contributed by atoms with Gasteiger partial charge >= 0.3 is 0 Å². The maximum Gasteiger partial charge on any atom is 0.209 e. The van der Waals surface area contributed by atoms with Gasteiger partial charge < -0.3 is 0 Å². The average molecular weight is 281 g/mol. The van der Waals surface area contributed by atoms with Crippen molar-refractivity contribution in [2.75, 3.05) is 5.75 Å². The zero-order valence-corrected chi connectivity index (χ0v) is 11.4. The molecule has 1 aliphatic rings. The Balaban J connectivity index is 1.58. The number of halogens is 1. The van der Waals surface area contributed by atoms with Gasteiger partial charge in [-0.3, -0.25) is 0 Å². The Hall–Kier alpha value is -1.07. The van der Waals surface area contributed by atoms with Crippen LogP contribution in [0.4, 0.5) is 0 Å². The molecule has 0 atom stereocenters. The lowest BCUT2D eigenvalue weighted by Gasteiger charge is -2.04. The maximum atomic E-state index is 6.12. The molecule has 1 heterocycles. The van der Waals surface area contributed by atoms with E-state index < -0.39 is 0 Å². The smallest absolute Gasteiger partial charge is 0.209 e. The Morgan fingerprint density at radius 2 is 2.17 bits per heavy atom. The van der Waals surface area contributed by atoms with Crippen molar-refractivity contribution >= 4 is 23.4 Å². The van der Waals surface area contributed by atoms with E-state index in [0.717, 1.165) is 22.4 Å². The fourth-order valence-electron chi connectivity index (χ4n) is 1.78. The molecule has 4 nitrogen and oxygen atoms in total. The summed E-state index contributed by atoms with van der Waals surface area (Å²) in [6, 6.07) is 8.48. The molecular weight excluding hydrogens is 268 g/mol. The SMILES string of the molecule is Clc1ccccc1CCSc1nnnn1C1CC1. The number of aromatic nitrogens is 4. The second-order valence-corrected chi connectivity index (χ2v) is 5.80. The van der Waals surface area contributed by atoms with Crippen LogP contribution in [0.2, 0.25) is 5.02 Å². The van der Waals surface area contributed by atoms with Crippen LogP contribution in [-0.4, -0.2) is 26.0 Å². The number of nitrogens with zero attached hydrogens (tertiary/aromatic N) is 4. The monoisotopic (exact) mass is 280 g/mol. The van der Waals surface area contributed by atoms with Crippen molar-refractivity contribution in [2.24, 2.45) is 0 Å². The van der Waals surface area contributed by atoms with Gasteiger partial charge in [0.2, 0.25) is 5.16 Å². The molecule has 1 aromatic carbocycles. The molecule has 2 aromatic rings. The molecule has 0 amide bonds. The first-order valence-corrected chi connectivity index (χ1v) is 7.35. The van der Waals surface area contributed by atoms with Crippen LogP contribution in [0, 0.1) is 0 Å². The van der Waals surface area contributed by atoms with Crippen molar-refractivity contribution < 1.29 is 0 Å². The van der Waals surface area contributed by atoms with Gasteiger partial charge in [0.25, 0.3) is 0 Å². The van der Waals surface area contributed by atoms with Gasteiger partial charge in [0, 0.05) is 10.8 Å². The van der Waals surface area contributed by atoms with Gasteiger partial charge in [-0.25, -0.2) is 4.68 Å². The van der Waals surface area contributed by atoms with Crippen molar-refractivity contribution in [2.45, 2.75) is 30.5 Å². The van der Waals surface area contributed by atoms with E-state index >= 15 is 0 Å². The third-order valence-corrected chi connectivity index (χ3v) is 4.22. The molecule has 0 bridgehead atoms.